The lowest BCUT2D eigenvalue weighted by Gasteiger charge is -2.03. The highest BCUT2D eigenvalue weighted by Gasteiger charge is 2.24. The minimum atomic E-state index is -0.222. The summed E-state index contributed by atoms with van der Waals surface area (Å²) in [5.41, 5.74) is 2.98. The number of ether oxygens (including phenoxy) is 2. The van der Waals surface area contributed by atoms with Gasteiger partial charge in [-0.05, 0) is 30.7 Å². The lowest BCUT2D eigenvalue weighted by atomic mass is 10.2. The number of halogens is 1. The predicted molar refractivity (Wildman–Crippen MR) is 98.6 cm³/mol. The van der Waals surface area contributed by atoms with Gasteiger partial charge in [0.1, 0.15) is 5.04 Å². The second-order valence-electron chi connectivity index (χ2n) is 5.43. The summed E-state index contributed by atoms with van der Waals surface area (Å²) in [6.45, 7) is 2.25. The van der Waals surface area contributed by atoms with Gasteiger partial charge in [0.05, 0.1) is 4.91 Å². The molecule has 0 fully saturated rings. The molecule has 4 rings (SSSR count). The minimum Gasteiger partial charge on any atom is -0.454 e. The van der Waals surface area contributed by atoms with E-state index in [0.29, 0.717) is 16.4 Å². The fourth-order valence-corrected chi connectivity index (χ4v) is 3.76. The Bertz CT molecular complexity index is 903. The van der Waals surface area contributed by atoms with Gasteiger partial charge in [-0.1, -0.05) is 57.5 Å². The molecule has 4 nitrogen and oxygen atoms in total. The van der Waals surface area contributed by atoms with Crippen molar-refractivity contribution in [2.45, 2.75) is 6.92 Å². The molecule has 120 valence electrons. The molecule has 0 atom stereocenters. The van der Waals surface area contributed by atoms with Crippen LogP contribution in [0.1, 0.15) is 16.7 Å². The third-order valence-electron chi connectivity index (χ3n) is 3.70. The van der Waals surface area contributed by atoms with Gasteiger partial charge in [0.2, 0.25) is 6.79 Å². The summed E-state index contributed by atoms with van der Waals surface area (Å²) in [6.07, 6.45) is 1.82. The van der Waals surface area contributed by atoms with Crippen LogP contribution in [0.4, 0.5) is 0 Å². The zero-order valence-electron chi connectivity index (χ0n) is 12.7. The van der Waals surface area contributed by atoms with Crippen LogP contribution in [-0.4, -0.2) is 17.7 Å². The van der Waals surface area contributed by atoms with Crippen LogP contribution in [0.25, 0.3) is 6.08 Å². The molecule has 2 aromatic rings. The molecule has 0 saturated heterocycles. The normalized spacial score (nSPS) is 17.5. The van der Waals surface area contributed by atoms with E-state index in [-0.39, 0.29) is 12.7 Å². The van der Waals surface area contributed by atoms with E-state index >= 15 is 0 Å². The van der Waals surface area contributed by atoms with Crippen molar-refractivity contribution in [2.75, 3.05) is 6.79 Å². The molecule has 0 bridgehead atoms. The van der Waals surface area contributed by atoms with Gasteiger partial charge in [-0.2, -0.15) is 0 Å². The van der Waals surface area contributed by atoms with Crippen LogP contribution >= 0.6 is 27.7 Å². The van der Waals surface area contributed by atoms with E-state index in [1.807, 2.05) is 49.4 Å². The number of carbonyl (C=O) groups is 1. The van der Waals surface area contributed by atoms with E-state index in [4.69, 9.17) is 9.47 Å². The molecular formula is C18H12BrNO3S. The number of rotatable bonds is 2. The minimum absolute atomic E-state index is 0.218. The Labute approximate surface area is 151 Å². The molecule has 6 heteroatoms. The molecule has 24 heavy (non-hydrogen) atoms. The van der Waals surface area contributed by atoms with Crippen molar-refractivity contribution in [3.63, 3.8) is 0 Å². The van der Waals surface area contributed by atoms with Gasteiger partial charge in [-0.15, -0.1) is 0 Å². The van der Waals surface area contributed by atoms with Crippen LogP contribution in [0.5, 0.6) is 11.5 Å². The molecule has 0 radical (unpaired) electrons. The second-order valence-corrected chi connectivity index (χ2v) is 7.31. The zero-order valence-corrected chi connectivity index (χ0v) is 15.1. The Hall–Kier alpha value is -2.05. The molecule has 0 aromatic heterocycles. The first-order chi connectivity index (χ1) is 11.6. The van der Waals surface area contributed by atoms with Crippen LogP contribution in [0.2, 0.25) is 0 Å². The van der Waals surface area contributed by atoms with Crippen molar-refractivity contribution >= 4 is 44.7 Å². The van der Waals surface area contributed by atoms with Crippen molar-refractivity contribution < 1.29 is 14.3 Å². The van der Waals surface area contributed by atoms with Gasteiger partial charge in [0.15, 0.2) is 11.5 Å². The Morgan fingerprint density at radius 3 is 2.62 bits per heavy atom. The van der Waals surface area contributed by atoms with Crippen LogP contribution in [-0.2, 0) is 4.79 Å². The standard InChI is InChI=1S/C18H12BrNO3S/c1-10-2-4-11(5-3-10)18-20-17(21)16(24-18)7-12-6-14-15(8-13(12)19)23-9-22-14/h2-8H,9H2,1H3/b16-7-. The predicted octanol–water partition coefficient (Wildman–Crippen LogP) is 4.55. The molecular weight excluding hydrogens is 390 g/mol. The van der Waals surface area contributed by atoms with E-state index in [1.54, 1.807) is 0 Å². The number of fused-ring (bicyclic) bond motifs is 1. The van der Waals surface area contributed by atoms with Gasteiger partial charge in [-0.3, -0.25) is 4.79 Å². The highest BCUT2D eigenvalue weighted by molar-refractivity contribution is 9.10. The molecule has 2 heterocycles. The van der Waals surface area contributed by atoms with Crippen LogP contribution in [0, 0.1) is 6.92 Å². The summed E-state index contributed by atoms with van der Waals surface area (Å²) in [5.74, 6) is 1.16. The highest BCUT2D eigenvalue weighted by Crippen LogP contribution is 2.39. The zero-order chi connectivity index (χ0) is 16.7. The van der Waals surface area contributed by atoms with Crippen molar-refractivity contribution in [3.8, 4) is 11.5 Å². The summed E-state index contributed by atoms with van der Waals surface area (Å²) in [4.78, 5) is 17.0. The van der Waals surface area contributed by atoms with Crippen molar-refractivity contribution in [3.05, 3.63) is 62.5 Å². The quantitative estimate of drug-likeness (QED) is 0.692. The van der Waals surface area contributed by atoms with Crippen LogP contribution in [0.3, 0.4) is 0 Å². The summed E-state index contributed by atoms with van der Waals surface area (Å²) < 4.78 is 11.6. The summed E-state index contributed by atoms with van der Waals surface area (Å²) in [7, 11) is 0. The molecule has 1 amide bonds. The lowest BCUT2D eigenvalue weighted by Crippen LogP contribution is -1.92. The molecule has 0 unspecified atom stereocenters. The number of aliphatic imine (C=N–C) groups is 1. The maximum Gasteiger partial charge on any atom is 0.284 e. The summed E-state index contributed by atoms with van der Waals surface area (Å²) >= 11 is 4.89. The lowest BCUT2D eigenvalue weighted by molar-refractivity contribution is -0.113. The van der Waals surface area contributed by atoms with E-state index in [9.17, 15) is 4.79 Å². The van der Waals surface area contributed by atoms with Gasteiger partial charge in [0, 0.05) is 10.0 Å². The number of amides is 1. The summed E-state index contributed by atoms with van der Waals surface area (Å²) in [6, 6.07) is 11.7. The van der Waals surface area contributed by atoms with E-state index in [1.165, 1.54) is 17.3 Å². The van der Waals surface area contributed by atoms with E-state index in [2.05, 4.69) is 20.9 Å². The fraction of sp³-hybridized carbons (Fsp3) is 0.111. The van der Waals surface area contributed by atoms with Crippen LogP contribution < -0.4 is 9.47 Å². The van der Waals surface area contributed by atoms with Gasteiger partial charge in [0.25, 0.3) is 5.91 Å². The third kappa shape index (κ3) is 2.87. The number of thioether (sulfide) groups is 1. The van der Waals surface area contributed by atoms with Gasteiger partial charge in [-0.25, -0.2) is 4.99 Å². The first kappa shape index (κ1) is 15.5. The molecule has 2 aliphatic heterocycles. The number of benzene rings is 2. The highest BCUT2D eigenvalue weighted by atomic mass is 79.9. The topological polar surface area (TPSA) is 47.9 Å². The SMILES string of the molecule is Cc1ccc(C2=NC(=O)/C(=C/c3cc4c(cc3Br)OCO4)S2)cc1. The largest absolute Gasteiger partial charge is 0.454 e. The Morgan fingerprint density at radius 1 is 1.17 bits per heavy atom. The molecule has 2 aliphatic rings. The Morgan fingerprint density at radius 2 is 1.88 bits per heavy atom. The van der Waals surface area contributed by atoms with Crippen molar-refractivity contribution in [1.29, 1.82) is 0 Å². The van der Waals surface area contributed by atoms with Crippen molar-refractivity contribution in [2.24, 2.45) is 4.99 Å². The number of hydrogen-bond acceptors (Lipinski definition) is 4. The second kappa shape index (κ2) is 6.11. The number of hydrogen-bond donors (Lipinski definition) is 0. The third-order valence-corrected chi connectivity index (χ3v) is 5.42. The van der Waals surface area contributed by atoms with Gasteiger partial charge < -0.3 is 9.47 Å². The first-order valence-electron chi connectivity index (χ1n) is 7.29. The number of carbonyl (C=O) groups excluding carboxylic acids is 1. The maximum absolute atomic E-state index is 12.2. The average Bonchev–Trinajstić information content (AvgIpc) is 3.15. The average molecular weight is 402 g/mol. The van der Waals surface area contributed by atoms with Crippen molar-refractivity contribution in [1.82, 2.24) is 0 Å². The molecule has 0 saturated carbocycles. The first-order valence-corrected chi connectivity index (χ1v) is 8.90. The number of nitrogens with zero attached hydrogens (tertiary/aromatic N) is 1. The molecule has 0 N–H and O–H groups in total. The monoisotopic (exact) mass is 401 g/mol. The number of aryl methyl sites for hydroxylation is 1. The Balaban J connectivity index is 1.63. The Kier molecular flexibility index (Phi) is 3.94. The van der Waals surface area contributed by atoms with Gasteiger partial charge >= 0.3 is 0 Å². The summed E-state index contributed by atoms with van der Waals surface area (Å²) in [5, 5.41) is 0.725. The fourth-order valence-electron chi connectivity index (χ4n) is 2.41. The van der Waals surface area contributed by atoms with E-state index in [0.717, 1.165) is 20.6 Å². The maximum atomic E-state index is 12.2. The van der Waals surface area contributed by atoms with Crippen LogP contribution in [0.15, 0.2) is 50.8 Å². The van der Waals surface area contributed by atoms with E-state index < -0.39 is 0 Å². The smallest absolute Gasteiger partial charge is 0.284 e. The molecule has 2 aromatic carbocycles. The molecule has 0 aliphatic carbocycles. The molecule has 0 spiro atoms.